The largest absolute Gasteiger partial charge is 0.370 e. The molecule has 168 valence electrons. The second-order valence-electron chi connectivity index (χ2n) is 8.43. The lowest BCUT2D eigenvalue weighted by molar-refractivity contribution is -0.00834. The highest BCUT2D eigenvalue weighted by molar-refractivity contribution is 5.80. The molecular weight excluding hydrogens is 400 g/mol. The maximum Gasteiger partial charge on any atom is 0.194 e. The Morgan fingerprint density at radius 1 is 1.16 bits per heavy atom. The van der Waals surface area contributed by atoms with E-state index in [0.717, 1.165) is 41.8 Å². The van der Waals surface area contributed by atoms with Gasteiger partial charge in [-0.15, -0.1) is 0 Å². The molecule has 32 heavy (non-hydrogen) atoms. The summed E-state index contributed by atoms with van der Waals surface area (Å²) < 4.78 is 7.96. The maximum absolute atomic E-state index is 6.10. The van der Waals surface area contributed by atoms with E-state index in [1.165, 1.54) is 16.7 Å². The van der Waals surface area contributed by atoms with Gasteiger partial charge in [0, 0.05) is 32.0 Å². The van der Waals surface area contributed by atoms with E-state index in [1.54, 1.807) is 0 Å². The first-order chi connectivity index (χ1) is 15.4. The molecule has 2 aromatic heterocycles. The second-order valence-corrected chi connectivity index (χ2v) is 8.43. The lowest BCUT2D eigenvalue weighted by atomic mass is 10.00. The summed E-state index contributed by atoms with van der Waals surface area (Å²) in [5.74, 6) is 1.71. The molecule has 7 nitrogen and oxygen atoms in total. The van der Waals surface area contributed by atoms with Crippen LogP contribution in [0.5, 0.6) is 0 Å². The van der Waals surface area contributed by atoms with Gasteiger partial charge in [0.2, 0.25) is 0 Å². The van der Waals surface area contributed by atoms with E-state index in [0.29, 0.717) is 13.2 Å². The highest BCUT2D eigenvalue weighted by Crippen LogP contribution is 2.26. The molecule has 1 saturated heterocycles. The Labute approximate surface area is 190 Å². The Hall–Kier alpha value is -3.19. The van der Waals surface area contributed by atoms with Gasteiger partial charge in [0.05, 0.1) is 18.8 Å². The topological polar surface area (TPSA) is 67.6 Å². The fourth-order valence-corrected chi connectivity index (χ4v) is 4.24. The smallest absolute Gasteiger partial charge is 0.194 e. The van der Waals surface area contributed by atoms with Crippen molar-refractivity contribution in [2.45, 2.75) is 40.3 Å². The van der Waals surface area contributed by atoms with Crippen LogP contribution in [-0.2, 0) is 11.3 Å². The average Bonchev–Trinajstić information content (AvgIpc) is 3.12. The minimum atomic E-state index is 0.0459. The van der Waals surface area contributed by atoms with Gasteiger partial charge in [-0.25, -0.2) is 9.67 Å². The van der Waals surface area contributed by atoms with Gasteiger partial charge in [0.1, 0.15) is 6.10 Å². The number of ether oxygens (including phenoxy) is 1. The Morgan fingerprint density at radius 3 is 2.66 bits per heavy atom. The molecule has 1 N–H and O–H groups in total. The summed E-state index contributed by atoms with van der Waals surface area (Å²) in [6.07, 6.45) is 1.94. The minimum absolute atomic E-state index is 0.0459. The molecule has 1 fully saturated rings. The molecule has 1 aliphatic heterocycles. The van der Waals surface area contributed by atoms with Crippen LogP contribution in [0.4, 0.5) is 0 Å². The zero-order valence-corrected chi connectivity index (χ0v) is 19.6. The molecular formula is C25H32N6O. The van der Waals surface area contributed by atoms with Crippen molar-refractivity contribution >= 4 is 5.96 Å². The molecule has 3 aromatic rings. The number of rotatable bonds is 4. The normalized spacial score (nSPS) is 17.0. The van der Waals surface area contributed by atoms with E-state index < -0.39 is 0 Å². The van der Waals surface area contributed by atoms with Gasteiger partial charge >= 0.3 is 0 Å². The predicted molar refractivity (Wildman–Crippen MR) is 127 cm³/mol. The summed E-state index contributed by atoms with van der Waals surface area (Å²) >= 11 is 0. The fraction of sp³-hybridized carbons (Fsp3) is 0.400. The Kier molecular flexibility index (Phi) is 6.55. The van der Waals surface area contributed by atoms with E-state index in [-0.39, 0.29) is 6.10 Å². The molecule has 0 spiro atoms. The summed E-state index contributed by atoms with van der Waals surface area (Å²) in [7, 11) is 1.83. The van der Waals surface area contributed by atoms with Gasteiger partial charge in [-0.2, -0.15) is 5.10 Å². The first kappa shape index (κ1) is 22.0. The summed E-state index contributed by atoms with van der Waals surface area (Å²) in [6, 6.07) is 12.7. The van der Waals surface area contributed by atoms with Crippen molar-refractivity contribution in [3.8, 4) is 5.82 Å². The maximum atomic E-state index is 6.10. The van der Waals surface area contributed by atoms with Crippen molar-refractivity contribution < 1.29 is 4.74 Å². The summed E-state index contributed by atoms with van der Waals surface area (Å²) in [5.41, 5.74) is 6.95. The number of nitrogens with zero attached hydrogens (tertiary/aromatic N) is 5. The van der Waals surface area contributed by atoms with Crippen LogP contribution in [0, 0.1) is 27.7 Å². The van der Waals surface area contributed by atoms with Crippen LogP contribution < -0.4 is 5.32 Å². The number of benzene rings is 1. The van der Waals surface area contributed by atoms with E-state index >= 15 is 0 Å². The van der Waals surface area contributed by atoms with Crippen molar-refractivity contribution in [2.75, 3.05) is 26.7 Å². The summed E-state index contributed by atoms with van der Waals surface area (Å²) in [5, 5.41) is 7.99. The highest BCUT2D eigenvalue weighted by atomic mass is 16.5. The minimum Gasteiger partial charge on any atom is -0.370 e. The molecule has 4 rings (SSSR count). The number of nitrogens with one attached hydrogen (secondary N) is 1. The van der Waals surface area contributed by atoms with E-state index in [9.17, 15) is 0 Å². The van der Waals surface area contributed by atoms with Gasteiger partial charge in [-0.05, 0) is 56.5 Å². The van der Waals surface area contributed by atoms with Gasteiger partial charge in [-0.3, -0.25) is 4.99 Å². The third-order valence-electron chi connectivity index (χ3n) is 5.84. The van der Waals surface area contributed by atoms with E-state index in [2.05, 4.69) is 69.5 Å². The zero-order chi connectivity index (χ0) is 22.7. The van der Waals surface area contributed by atoms with Gasteiger partial charge in [-0.1, -0.05) is 29.8 Å². The van der Waals surface area contributed by atoms with E-state index in [4.69, 9.17) is 4.74 Å². The van der Waals surface area contributed by atoms with Crippen LogP contribution in [-0.4, -0.2) is 52.4 Å². The van der Waals surface area contributed by atoms with Crippen LogP contribution >= 0.6 is 0 Å². The number of hydrogen-bond donors (Lipinski definition) is 1. The number of aryl methyl sites for hydroxylation is 4. The zero-order valence-electron chi connectivity index (χ0n) is 19.6. The molecule has 0 bridgehead atoms. The molecule has 7 heteroatoms. The molecule has 1 aromatic carbocycles. The third-order valence-corrected chi connectivity index (χ3v) is 5.84. The molecule has 1 aliphatic rings. The lowest BCUT2D eigenvalue weighted by Gasteiger charge is -2.35. The monoisotopic (exact) mass is 432 g/mol. The Balaban J connectivity index is 1.39. The van der Waals surface area contributed by atoms with Crippen LogP contribution in [0.25, 0.3) is 5.82 Å². The predicted octanol–water partition coefficient (Wildman–Crippen LogP) is 3.65. The molecule has 3 heterocycles. The van der Waals surface area contributed by atoms with Crippen molar-refractivity contribution in [3.05, 3.63) is 76.2 Å². The number of morpholine rings is 1. The van der Waals surface area contributed by atoms with Crippen molar-refractivity contribution in [2.24, 2.45) is 4.99 Å². The first-order valence-corrected chi connectivity index (χ1v) is 11.1. The van der Waals surface area contributed by atoms with E-state index in [1.807, 2.05) is 37.8 Å². The van der Waals surface area contributed by atoms with Crippen LogP contribution in [0.3, 0.4) is 0 Å². The summed E-state index contributed by atoms with van der Waals surface area (Å²) in [4.78, 5) is 11.4. The number of guanidine groups is 1. The van der Waals surface area contributed by atoms with Crippen LogP contribution in [0.1, 0.15) is 39.7 Å². The van der Waals surface area contributed by atoms with Gasteiger partial charge in [0.25, 0.3) is 0 Å². The lowest BCUT2D eigenvalue weighted by Crippen LogP contribution is -2.48. The van der Waals surface area contributed by atoms with Crippen molar-refractivity contribution in [1.29, 1.82) is 0 Å². The standard InChI is InChI=1S/C25H32N6O/c1-17-6-8-22(18(2)12-17)23-16-30(10-11-32-23)25(26-5)28-15-21-7-9-24(27-14-21)31-20(4)13-19(3)29-31/h6-9,12-14,23H,10-11,15-16H2,1-5H3,(H,26,28). The molecule has 1 unspecified atom stereocenters. The second kappa shape index (κ2) is 9.53. The Morgan fingerprint density at radius 2 is 2.00 bits per heavy atom. The highest BCUT2D eigenvalue weighted by Gasteiger charge is 2.25. The Bertz CT molecular complexity index is 1100. The number of aromatic nitrogens is 3. The number of hydrogen-bond acceptors (Lipinski definition) is 4. The molecule has 1 atom stereocenters. The first-order valence-electron chi connectivity index (χ1n) is 11.1. The van der Waals surface area contributed by atoms with Gasteiger partial charge < -0.3 is 15.0 Å². The van der Waals surface area contributed by atoms with Crippen molar-refractivity contribution in [1.82, 2.24) is 25.0 Å². The molecule has 0 aliphatic carbocycles. The van der Waals surface area contributed by atoms with Crippen molar-refractivity contribution in [3.63, 3.8) is 0 Å². The molecule has 0 amide bonds. The number of pyridine rings is 1. The molecule has 0 saturated carbocycles. The average molecular weight is 433 g/mol. The summed E-state index contributed by atoms with van der Waals surface area (Å²) in [6.45, 7) is 11.2. The van der Waals surface area contributed by atoms with Crippen LogP contribution in [0.15, 0.2) is 47.6 Å². The molecule has 0 radical (unpaired) electrons. The SMILES string of the molecule is CN=C(NCc1ccc(-n2nc(C)cc2C)nc1)N1CCOC(c2ccc(C)cc2C)C1. The van der Waals surface area contributed by atoms with Gasteiger partial charge in [0.15, 0.2) is 11.8 Å². The van der Waals surface area contributed by atoms with Crippen LogP contribution in [0.2, 0.25) is 0 Å². The third kappa shape index (κ3) is 4.83. The number of aliphatic imine (C=N–C) groups is 1. The fourth-order valence-electron chi connectivity index (χ4n) is 4.24. The quantitative estimate of drug-likeness (QED) is 0.504.